The van der Waals surface area contributed by atoms with E-state index >= 15 is 0 Å². The molecule has 0 fully saturated rings. The maximum Gasteiger partial charge on any atom is 0.337 e. The van der Waals surface area contributed by atoms with Crippen molar-refractivity contribution in [3.05, 3.63) is 57.3 Å². The largest absolute Gasteiger partial charge is 0.478 e. The lowest BCUT2D eigenvalue weighted by atomic mass is 10.1. The number of aryl methyl sites for hydroxylation is 1. The molecule has 0 bridgehead atoms. The summed E-state index contributed by atoms with van der Waals surface area (Å²) in [5.74, 6) is -1.69. The van der Waals surface area contributed by atoms with Crippen LogP contribution in [0, 0.1) is 6.92 Å². The molecule has 0 aliphatic rings. The predicted octanol–water partition coefficient (Wildman–Crippen LogP) is 3.65. The second-order valence-electron chi connectivity index (χ2n) is 4.24. The summed E-state index contributed by atoms with van der Waals surface area (Å²) in [6, 6.07) is 6.03. The minimum atomic E-state index is -1.13. The highest BCUT2D eigenvalue weighted by Gasteiger charge is 2.17. The monoisotopic (exact) mass is 324 g/mol. The molecule has 2 rings (SSSR count). The smallest absolute Gasteiger partial charge is 0.337 e. The zero-order valence-electron chi connectivity index (χ0n) is 10.9. The molecule has 0 spiro atoms. The van der Waals surface area contributed by atoms with Gasteiger partial charge in [0.2, 0.25) is 0 Å². The van der Waals surface area contributed by atoms with Gasteiger partial charge in [-0.25, -0.2) is 9.78 Å². The standard InChI is InChI=1S/C14H10Cl2N2O3/c1-7-3-2-4-8(14(20)21)12(7)18-13(19)9-5-11(16)17-6-10(9)15/h2-6H,1H3,(H,18,19)(H,20,21). The molecule has 0 unspecified atom stereocenters. The average Bonchev–Trinajstić information content (AvgIpc) is 2.43. The number of nitrogens with zero attached hydrogens (tertiary/aromatic N) is 1. The fraction of sp³-hybridized carbons (Fsp3) is 0.0714. The number of hydrogen-bond acceptors (Lipinski definition) is 3. The molecule has 0 aliphatic carbocycles. The summed E-state index contributed by atoms with van der Waals surface area (Å²) < 4.78 is 0. The number of amides is 1. The van der Waals surface area contributed by atoms with Crippen molar-refractivity contribution in [3.8, 4) is 0 Å². The highest BCUT2D eigenvalue weighted by atomic mass is 35.5. The van der Waals surface area contributed by atoms with Gasteiger partial charge < -0.3 is 10.4 Å². The van der Waals surface area contributed by atoms with Gasteiger partial charge in [-0.2, -0.15) is 0 Å². The van der Waals surface area contributed by atoms with E-state index in [9.17, 15) is 9.59 Å². The molecule has 0 atom stereocenters. The molecule has 21 heavy (non-hydrogen) atoms. The van der Waals surface area contributed by atoms with Gasteiger partial charge in [0.15, 0.2) is 0 Å². The molecule has 0 saturated heterocycles. The Hall–Kier alpha value is -2.11. The number of aromatic nitrogens is 1. The van der Waals surface area contributed by atoms with Crippen LogP contribution in [0.4, 0.5) is 5.69 Å². The number of pyridine rings is 1. The lowest BCUT2D eigenvalue weighted by Crippen LogP contribution is -2.16. The summed E-state index contributed by atoms with van der Waals surface area (Å²) >= 11 is 11.6. The van der Waals surface area contributed by atoms with Crippen molar-refractivity contribution in [3.63, 3.8) is 0 Å². The Morgan fingerprint density at radius 2 is 1.95 bits per heavy atom. The molecule has 1 aromatic carbocycles. The van der Waals surface area contributed by atoms with Crippen LogP contribution in [0.25, 0.3) is 0 Å². The van der Waals surface area contributed by atoms with E-state index in [0.717, 1.165) is 0 Å². The summed E-state index contributed by atoms with van der Waals surface area (Å²) in [7, 11) is 0. The number of carboxylic acids is 1. The lowest BCUT2D eigenvalue weighted by Gasteiger charge is -2.12. The normalized spacial score (nSPS) is 10.2. The van der Waals surface area contributed by atoms with Gasteiger partial charge in [0.05, 0.1) is 21.8 Å². The second kappa shape index (κ2) is 6.11. The zero-order chi connectivity index (χ0) is 15.6. The number of nitrogens with one attached hydrogen (secondary N) is 1. The minimum Gasteiger partial charge on any atom is -0.478 e. The Bertz CT molecular complexity index is 732. The maximum absolute atomic E-state index is 12.2. The topological polar surface area (TPSA) is 79.3 Å². The molecule has 1 amide bonds. The van der Waals surface area contributed by atoms with Gasteiger partial charge in [0.1, 0.15) is 5.15 Å². The van der Waals surface area contributed by atoms with Crippen LogP contribution >= 0.6 is 23.2 Å². The third-order valence-electron chi connectivity index (χ3n) is 2.81. The van der Waals surface area contributed by atoms with Crippen molar-refractivity contribution in [2.45, 2.75) is 6.92 Å². The van der Waals surface area contributed by atoms with Gasteiger partial charge >= 0.3 is 5.97 Å². The van der Waals surface area contributed by atoms with Gasteiger partial charge in [-0.1, -0.05) is 35.3 Å². The molecule has 0 radical (unpaired) electrons. The van der Waals surface area contributed by atoms with Crippen LogP contribution in [-0.4, -0.2) is 22.0 Å². The van der Waals surface area contributed by atoms with Crippen LogP contribution in [0.3, 0.4) is 0 Å². The number of carboxylic acid groups (broad SMARTS) is 1. The number of benzene rings is 1. The van der Waals surface area contributed by atoms with Crippen molar-refractivity contribution in [2.75, 3.05) is 5.32 Å². The van der Waals surface area contributed by atoms with Gasteiger partial charge in [-0.05, 0) is 24.6 Å². The maximum atomic E-state index is 12.2. The van der Waals surface area contributed by atoms with E-state index < -0.39 is 11.9 Å². The Kier molecular flexibility index (Phi) is 4.45. The summed E-state index contributed by atoms with van der Waals surface area (Å²) in [6.07, 6.45) is 1.26. The highest BCUT2D eigenvalue weighted by molar-refractivity contribution is 6.35. The third-order valence-corrected chi connectivity index (χ3v) is 3.32. The average molecular weight is 325 g/mol. The Morgan fingerprint density at radius 3 is 2.62 bits per heavy atom. The van der Waals surface area contributed by atoms with E-state index in [-0.39, 0.29) is 27.0 Å². The molecule has 2 N–H and O–H groups in total. The summed E-state index contributed by atoms with van der Waals surface area (Å²) in [5, 5.41) is 12.0. The molecule has 1 heterocycles. The molecule has 108 valence electrons. The van der Waals surface area contributed by atoms with Crippen LogP contribution in [0.15, 0.2) is 30.5 Å². The first-order chi connectivity index (χ1) is 9.90. The van der Waals surface area contributed by atoms with Gasteiger partial charge in [-0.15, -0.1) is 0 Å². The van der Waals surface area contributed by atoms with Gasteiger partial charge in [0, 0.05) is 6.20 Å². The number of halogens is 2. The second-order valence-corrected chi connectivity index (χ2v) is 5.04. The number of hydrogen-bond donors (Lipinski definition) is 2. The third kappa shape index (κ3) is 3.32. The van der Waals surface area contributed by atoms with Crippen LogP contribution in [0.2, 0.25) is 10.2 Å². The van der Waals surface area contributed by atoms with Crippen molar-refractivity contribution < 1.29 is 14.7 Å². The summed E-state index contributed by atoms with van der Waals surface area (Å²) in [6.45, 7) is 1.70. The van der Waals surface area contributed by atoms with Crippen LogP contribution in [-0.2, 0) is 0 Å². The number of carbonyl (C=O) groups excluding carboxylic acids is 1. The minimum absolute atomic E-state index is 0.000347. The summed E-state index contributed by atoms with van der Waals surface area (Å²) in [5.41, 5.74) is 0.967. The van der Waals surface area contributed by atoms with E-state index in [1.807, 2.05) is 0 Å². The Morgan fingerprint density at radius 1 is 1.24 bits per heavy atom. The molecule has 5 nitrogen and oxygen atoms in total. The van der Waals surface area contributed by atoms with E-state index in [1.165, 1.54) is 18.3 Å². The van der Waals surface area contributed by atoms with Crippen LogP contribution < -0.4 is 5.32 Å². The van der Waals surface area contributed by atoms with Crippen molar-refractivity contribution in [1.82, 2.24) is 4.98 Å². The van der Waals surface area contributed by atoms with Crippen molar-refractivity contribution in [1.29, 1.82) is 0 Å². The first-order valence-corrected chi connectivity index (χ1v) is 6.61. The van der Waals surface area contributed by atoms with Crippen molar-refractivity contribution in [2.24, 2.45) is 0 Å². The highest BCUT2D eigenvalue weighted by Crippen LogP contribution is 2.24. The zero-order valence-corrected chi connectivity index (χ0v) is 12.4. The van der Waals surface area contributed by atoms with E-state index in [2.05, 4.69) is 10.3 Å². The fourth-order valence-electron chi connectivity index (χ4n) is 1.78. The van der Waals surface area contributed by atoms with E-state index in [4.69, 9.17) is 28.3 Å². The number of aromatic carboxylic acids is 1. The van der Waals surface area contributed by atoms with Gasteiger partial charge in [-0.3, -0.25) is 4.79 Å². The van der Waals surface area contributed by atoms with Crippen LogP contribution in [0.1, 0.15) is 26.3 Å². The molecule has 0 aliphatic heterocycles. The molecular weight excluding hydrogens is 315 g/mol. The van der Waals surface area contributed by atoms with Crippen molar-refractivity contribution >= 4 is 40.8 Å². The number of carbonyl (C=O) groups is 2. The first-order valence-electron chi connectivity index (χ1n) is 5.85. The first kappa shape index (κ1) is 15.3. The van der Waals surface area contributed by atoms with Gasteiger partial charge in [0.25, 0.3) is 5.91 Å². The fourth-order valence-corrected chi connectivity index (χ4v) is 2.13. The Balaban J connectivity index is 2.41. The molecule has 0 saturated carbocycles. The Labute approximate surface area is 130 Å². The quantitative estimate of drug-likeness (QED) is 0.844. The number of rotatable bonds is 3. The van der Waals surface area contributed by atoms with E-state index in [0.29, 0.717) is 5.56 Å². The number of anilines is 1. The molecule has 1 aromatic heterocycles. The lowest BCUT2D eigenvalue weighted by molar-refractivity contribution is 0.0698. The number of para-hydroxylation sites is 1. The SMILES string of the molecule is Cc1cccc(C(=O)O)c1NC(=O)c1cc(Cl)ncc1Cl. The molecular formula is C14H10Cl2N2O3. The predicted molar refractivity (Wildman–Crippen MR) is 80.3 cm³/mol. The van der Waals surface area contributed by atoms with Crippen LogP contribution in [0.5, 0.6) is 0 Å². The molecule has 2 aromatic rings. The molecule has 7 heteroatoms. The summed E-state index contributed by atoms with van der Waals surface area (Å²) in [4.78, 5) is 27.2. The van der Waals surface area contributed by atoms with E-state index in [1.54, 1.807) is 19.1 Å².